The highest BCUT2D eigenvalue weighted by Gasteiger charge is 2.23. The Hall–Kier alpha value is -0.0400. The van der Waals surface area contributed by atoms with Gasteiger partial charge in [0.25, 0.3) is 0 Å². The molecule has 0 aliphatic carbocycles. The van der Waals surface area contributed by atoms with E-state index in [4.69, 9.17) is 9.97 Å². The summed E-state index contributed by atoms with van der Waals surface area (Å²) in [6, 6.07) is 0. The van der Waals surface area contributed by atoms with Gasteiger partial charge in [-0.05, 0) is 59.9 Å². The highest BCUT2D eigenvalue weighted by molar-refractivity contribution is 14.1. The van der Waals surface area contributed by atoms with Crippen molar-refractivity contribution < 1.29 is 0 Å². The second-order valence-corrected chi connectivity index (χ2v) is 8.11. The van der Waals surface area contributed by atoms with E-state index in [-0.39, 0.29) is 0 Å². The van der Waals surface area contributed by atoms with Gasteiger partial charge in [-0.25, -0.2) is 9.97 Å². The molecule has 0 radical (unpaired) electrons. The molecule has 1 unspecified atom stereocenters. The minimum absolute atomic E-state index is 0.500. The van der Waals surface area contributed by atoms with E-state index < -0.39 is 0 Å². The molecule has 1 saturated heterocycles. The van der Waals surface area contributed by atoms with Crippen LogP contribution in [0.3, 0.4) is 0 Å². The molecule has 2 rings (SSSR count). The van der Waals surface area contributed by atoms with Gasteiger partial charge >= 0.3 is 0 Å². The first-order valence-corrected chi connectivity index (χ1v) is 9.66. The Labute approximate surface area is 140 Å². The van der Waals surface area contributed by atoms with Gasteiger partial charge < -0.3 is 5.32 Å². The molecule has 3 nitrogen and oxygen atoms in total. The van der Waals surface area contributed by atoms with Crippen LogP contribution in [0.15, 0.2) is 0 Å². The van der Waals surface area contributed by atoms with Gasteiger partial charge in [0.2, 0.25) is 0 Å². The number of nitrogens with zero attached hydrogens (tertiary/aromatic N) is 2. The van der Waals surface area contributed by atoms with Crippen LogP contribution >= 0.6 is 34.4 Å². The first-order chi connectivity index (χ1) is 9.61. The molecule has 20 heavy (non-hydrogen) atoms. The maximum absolute atomic E-state index is 4.88. The van der Waals surface area contributed by atoms with Gasteiger partial charge in [-0.15, -0.1) is 0 Å². The molecule has 1 aromatic heterocycles. The summed E-state index contributed by atoms with van der Waals surface area (Å²) in [7, 11) is 0. The minimum atomic E-state index is 0.500. The summed E-state index contributed by atoms with van der Waals surface area (Å²) in [6.07, 6.45) is 4.67. The number of rotatable bonds is 6. The van der Waals surface area contributed by atoms with Crippen LogP contribution in [0.2, 0.25) is 0 Å². The van der Waals surface area contributed by atoms with Gasteiger partial charge in [-0.2, -0.15) is 11.8 Å². The summed E-state index contributed by atoms with van der Waals surface area (Å²) in [5, 5.41) is 3.97. The Bertz CT molecular complexity index is 445. The molecule has 0 bridgehead atoms. The van der Waals surface area contributed by atoms with E-state index in [9.17, 15) is 0 Å². The van der Waals surface area contributed by atoms with E-state index in [1.807, 2.05) is 11.8 Å². The van der Waals surface area contributed by atoms with E-state index >= 15 is 0 Å². The monoisotopic (exact) mass is 405 g/mol. The van der Waals surface area contributed by atoms with E-state index in [1.54, 1.807) is 0 Å². The van der Waals surface area contributed by atoms with Crippen LogP contribution in [0.1, 0.15) is 56.8 Å². The molecule has 0 saturated carbocycles. The Kier molecular flexibility index (Phi) is 6.39. The van der Waals surface area contributed by atoms with Crippen LogP contribution in [0.5, 0.6) is 0 Å². The van der Waals surface area contributed by atoms with Crippen LogP contribution in [-0.2, 0) is 6.42 Å². The molecule has 1 aromatic rings. The lowest BCUT2D eigenvalue weighted by Gasteiger charge is -2.16. The zero-order valence-electron chi connectivity index (χ0n) is 12.6. The molecular formula is C15H24IN3S. The predicted octanol–water partition coefficient (Wildman–Crippen LogP) is 4.67. The molecule has 1 atom stereocenters. The molecule has 0 spiro atoms. The van der Waals surface area contributed by atoms with Crippen LogP contribution in [-0.4, -0.2) is 22.3 Å². The van der Waals surface area contributed by atoms with Gasteiger partial charge in [0.05, 0.1) is 14.5 Å². The number of aromatic nitrogens is 2. The van der Waals surface area contributed by atoms with Crippen molar-refractivity contribution in [2.75, 3.05) is 17.6 Å². The third-order valence-electron chi connectivity index (χ3n) is 3.30. The fraction of sp³-hybridized carbons (Fsp3) is 0.733. The topological polar surface area (TPSA) is 37.8 Å². The van der Waals surface area contributed by atoms with Crippen molar-refractivity contribution in [3.05, 3.63) is 15.1 Å². The molecule has 1 aliphatic heterocycles. The average Bonchev–Trinajstić information content (AvgIpc) is 2.93. The van der Waals surface area contributed by atoms with E-state index in [1.165, 1.54) is 27.9 Å². The quantitative estimate of drug-likeness (QED) is 0.698. The molecule has 0 amide bonds. The van der Waals surface area contributed by atoms with E-state index in [2.05, 4.69) is 48.7 Å². The summed E-state index contributed by atoms with van der Waals surface area (Å²) >= 11 is 4.41. The second kappa shape index (κ2) is 7.82. The maximum atomic E-state index is 4.88. The summed E-state index contributed by atoms with van der Waals surface area (Å²) < 4.78 is 1.21. The fourth-order valence-electron chi connectivity index (χ4n) is 2.32. The lowest BCUT2D eigenvalue weighted by atomic mass is 10.1. The average molecular weight is 405 g/mol. The van der Waals surface area contributed by atoms with Crippen molar-refractivity contribution in [2.24, 2.45) is 5.92 Å². The largest absolute Gasteiger partial charge is 0.369 e. The first-order valence-electron chi connectivity index (χ1n) is 7.53. The fourth-order valence-corrected chi connectivity index (χ4v) is 4.18. The second-order valence-electron chi connectivity index (χ2n) is 5.72. The highest BCUT2D eigenvalue weighted by atomic mass is 127. The number of thioether (sulfide) groups is 1. The third kappa shape index (κ3) is 4.23. The van der Waals surface area contributed by atoms with Gasteiger partial charge in [0.1, 0.15) is 11.6 Å². The molecule has 1 N–H and O–H groups in total. The summed E-state index contributed by atoms with van der Waals surface area (Å²) in [5.74, 6) is 3.96. The Morgan fingerprint density at radius 2 is 2.20 bits per heavy atom. The van der Waals surface area contributed by atoms with Crippen molar-refractivity contribution in [2.45, 2.75) is 51.7 Å². The molecule has 2 heterocycles. The number of hydrogen-bond donors (Lipinski definition) is 1. The molecule has 5 heteroatoms. The van der Waals surface area contributed by atoms with Gasteiger partial charge in [-0.3, -0.25) is 0 Å². The van der Waals surface area contributed by atoms with Crippen molar-refractivity contribution in [3.63, 3.8) is 0 Å². The van der Waals surface area contributed by atoms with E-state index in [0.717, 1.165) is 31.0 Å². The smallest absolute Gasteiger partial charge is 0.144 e. The molecular weight excluding hydrogens is 381 g/mol. The lowest BCUT2D eigenvalue weighted by molar-refractivity contribution is 0.625. The summed E-state index contributed by atoms with van der Waals surface area (Å²) in [5.41, 5.74) is 1.22. The number of nitrogens with one attached hydrogen (secondary N) is 1. The van der Waals surface area contributed by atoms with Crippen molar-refractivity contribution in [3.8, 4) is 0 Å². The van der Waals surface area contributed by atoms with Crippen molar-refractivity contribution >= 4 is 40.2 Å². The Balaban J connectivity index is 2.30. The van der Waals surface area contributed by atoms with Gasteiger partial charge in [-0.1, -0.05) is 20.8 Å². The van der Waals surface area contributed by atoms with Crippen molar-refractivity contribution in [1.29, 1.82) is 0 Å². The minimum Gasteiger partial charge on any atom is -0.369 e. The molecule has 112 valence electrons. The third-order valence-corrected chi connectivity index (χ3v) is 5.81. The number of anilines is 1. The standard InChI is InChI=1S/C15H24IN3S/c1-4-7-17-15-13(16)11(9-10(2)3)18-14(19-15)12-6-5-8-20-12/h10,12H,4-9H2,1-3H3,(H,17,18,19). The van der Waals surface area contributed by atoms with Gasteiger partial charge in [0, 0.05) is 6.54 Å². The molecule has 1 fully saturated rings. The predicted molar refractivity (Wildman–Crippen MR) is 96.5 cm³/mol. The summed E-state index contributed by atoms with van der Waals surface area (Å²) in [4.78, 5) is 9.69. The maximum Gasteiger partial charge on any atom is 0.144 e. The lowest BCUT2D eigenvalue weighted by Crippen LogP contribution is -2.13. The normalized spacial score (nSPS) is 18.8. The van der Waals surface area contributed by atoms with Crippen LogP contribution < -0.4 is 5.32 Å². The Morgan fingerprint density at radius 1 is 1.40 bits per heavy atom. The van der Waals surface area contributed by atoms with Crippen LogP contribution in [0.25, 0.3) is 0 Å². The zero-order chi connectivity index (χ0) is 14.5. The first kappa shape index (κ1) is 16.3. The highest BCUT2D eigenvalue weighted by Crippen LogP contribution is 2.39. The van der Waals surface area contributed by atoms with Gasteiger partial charge in [0.15, 0.2) is 0 Å². The van der Waals surface area contributed by atoms with Crippen molar-refractivity contribution in [1.82, 2.24) is 9.97 Å². The summed E-state index contributed by atoms with van der Waals surface area (Å²) in [6.45, 7) is 7.66. The van der Waals surface area contributed by atoms with E-state index in [0.29, 0.717) is 11.2 Å². The zero-order valence-corrected chi connectivity index (χ0v) is 15.6. The van der Waals surface area contributed by atoms with Crippen LogP contribution in [0, 0.1) is 9.49 Å². The number of halogens is 1. The SMILES string of the molecule is CCCNc1nc(C2CCCS2)nc(CC(C)C)c1I. The Morgan fingerprint density at radius 3 is 2.80 bits per heavy atom. The van der Waals surface area contributed by atoms with Crippen LogP contribution in [0.4, 0.5) is 5.82 Å². The number of hydrogen-bond acceptors (Lipinski definition) is 4. The molecule has 1 aliphatic rings. The molecule has 0 aromatic carbocycles.